The monoisotopic (exact) mass is 330 g/mol. The Labute approximate surface area is 124 Å². The van der Waals surface area contributed by atoms with E-state index in [1.54, 1.807) is 43.6 Å². The van der Waals surface area contributed by atoms with Crippen molar-refractivity contribution in [1.29, 1.82) is 5.26 Å². The highest BCUT2D eigenvalue weighted by Gasteiger charge is 2.10. The predicted octanol–water partition coefficient (Wildman–Crippen LogP) is 3.01. The molecule has 0 bridgehead atoms. The summed E-state index contributed by atoms with van der Waals surface area (Å²) < 4.78 is 0.786. The predicted molar refractivity (Wildman–Crippen MR) is 80.6 cm³/mol. The number of amides is 1. The van der Waals surface area contributed by atoms with E-state index in [-0.39, 0.29) is 5.91 Å². The van der Waals surface area contributed by atoms with E-state index in [9.17, 15) is 4.79 Å². The lowest BCUT2D eigenvalue weighted by Gasteiger charge is -2.08. The van der Waals surface area contributed by atoms with Crippen LogP contribution in [0.3, 0.4) is 0 Å². The van der Waals surface area contributed by atoms with Crippen LogP contribution in [-0.2, 0) is 0 Å². The maximum Gasteiger partial charge on any atom is 0.255 e. The summed E-state index contributed by atoms with van der Waals surface area (Å²) in [6.07, 6.45) is 1.55. The molecule has 0 saturated heterocycles. The van der Waals surface area contributed by atoms with Gasteiger partial charge in [0.25, 0.3) is 5.91 Å². The summed E-state index contributed by atoms with van der Waals surface area (Å²) in [5.74, 6) is 0.316. The fourth-order valence-corrected chi connectivity index (χ4v) is 1.98. The maximum atomic E-state index is 12.1. The first-order valence-corrected chi connectivity index (χ1v) is 6.58. The molecule has 0 unspecified atom stereocenters. The van der Waals surface area contributed by atoms with Crippen LogP contribution in [0.15, 0.2) is 41.0 Å². The summed E-state index contributed by atoms with van der Waals surface area (Å²) in [5, 5.41) is 14.7. The van der Waals surface area contributed by atoms with Gasteiger partial charge in [0.05, 0.1) is 11.3 Å². The van der Waals surface area contributed by atoms with Gasteiger partial charge < -0.3 is 10.6 Å². The molecule has 0 aliphatic carbocycles. The minimum Gasteiger partial charge on any atom is -0.373 e. The molecule has 20 heavy (non-hydrogen) atoms. The fourth-order valence-electron chi connectivity index (χ4n) is 1.62. The molecule has 0 aliphatic rings. The van der Waals surface area contributed by atoms with Gasteiger partial charge in [-0.3, -0.25) is 4.79 Å². The largest absolute Gasteiger partial charge is 0.373 e. The number of rotatable bonds is 3. The van der Waals surface area contributed by atoms with E-state index >= 15 is 0 Å². The van der Waals surface area contributed by atoms with Crippen molar-refractivity contribution in [1.82, 2.24) is 4.98 Å². The molecule has 2 rings (SSSR count). The van der Waals surface area contributed by atoms with Crippen molar-refractivity contribution in [3.63, 3.8) is 0 Å². The van der Waals surface area contributed by atoms with Crippen molar-refractivity contribution in [3.8, 4) is 6.07 Å². The number of carbonyl (C=O) groups is 1. The van der Waals surface area contributed by atoms with Crippen LogP contribution in [0.25, 0.3) is 0 Å². The Morgan fingerprint density at radius 1 is 1.35 bits per heavy atom. The second-order valence-corrected chi connectivity index (χ2v) is 4.85. The number of nitrogens with zero attached hydrogens (tertiary/aromatic N) is 2. The van der Waals surface area contributed by atoms with Crippen LogP contribution in [0.1, 0.15) is 15.9 Å². The minimum atomic E-state index is -0.289. The van der Waals surface area contributed by atoms with Crippen molar-refractivity contribution in [2.75, 3.05) is 17.7 Å². The maximum absolute atomic E-state index is 12.1. The topological polar surface area (TPSA) is 77.8 Å². The van der Waals surface area contributed by atoms with E-state index in [0.717, 1.165) is 4.47 Å². The number of hydrogen-bond acceptors (Lipinski definition) is 4. The number of pyridine rings is 1. The average Bonchev–Trinajstić information content (AvgIpc) is 2.49. The molecule has 0 atom stereocenters. The van der Waals surface area contributed by atoms with Gasteiger partial charge in [-0.05, 0) is 30.3 Å². The second kappa shape index (κ2) is 6.17. The number of benzene rings is 1. The van der Waals surface area contributed by atoms with E-state index in [4.69, 9.17) is 5.26 Å². The smallest absolute Gasteiger partial charge is 0.255 e. The minimum absolute atomic E-state index is 0.289. The van der Waals surface area contributed by atoms with Gasteiger partial charge in [-0.25, -0.2) is 4.98 Å². The van der Waals surface area contributed by atoms with Gasteiger partial charge in [0, 0.05) is 23.3 Å². The highest BCUT2D eigenvalue weighted by molar-refractivity contribution is 9.10. The van der Waals surface area contributed by atoms with Crippen LogP contribution >= 0.6 is 15.9 Å². The fraction of sp³-hybridized carbons (Fsp3) is 0.0714. The molecular formula is C14H11BrN4O. The summed E-state index contributed by atoms with van der Waals surface area (Å²) in [5.41, 5.74) is 1.34. The van der Waals surface area contributed by atoms with Crippen LogP contribution in [0.2, 0.25) is 0 Å². The molecule has 5 nitrogen and oxygen atoms in total. The van der Waals surface area contributed by atoms with Gasteiger partial charge in [0.15, 0.2) is 0 Å². The molecule has 1 aromatic carbocycles. The third-order valence-corrected chi connectivity index (χ3v) is 3.12. The highest BCUT2D eigenvalue weighted by atomic mass is 79.9. The lowest BCUT2D eigenvalue weighted by atomic mass is 10.1. The number of anilines is 2. The first kappa shape index (κ1) is 14.0. The second-order valence-electron chi connectivity index (χ2n) is 3.94. The summed E-state index contributed by atoms with van der Waals surface area (Å²) in [6.45, 7) is 0. The van der Waals surface area contributed by atoms with Crippen molar-refractivity contribution in [2.24, 2.45) is 0 Å². The zero-order valence-electron chi connectivity index (χ0n) is 10.6. The molecule has 6 heteroatoms. The van der Waals surface area contributed by atoms with E-state index in [2.05, 4.69) is 31.5 Å². The van der Waals surface area contributed by atoms with Crippen molar-refractivity contribution in [3.05, 3.63) is 52.1 Å². The highest BCUT2D eigenvalue weighted by Crippen LogP contribution is 2.21. The molecule has 2 N–H and O–H groups in total. The van der Waals surface area contributed by atoms with Gasteiger partial charge in [-0.1, -0.05) is 15.9 Å². The Hall–Kier alpha value is -2.39. The zero-order chi connectivity index (χ0) is 14.5. The average molecular weight is 331 g/mol. The van der Waals surface area contributed by atoms with Gasteiger partial charge in [-0.2, -0.15) is 5.26 Å². The molecule has 100 valence electrons. The Kier molecular flexibility index (Phi) is 4.33. The molecule has 0 aliphatic heterocycles. The van der Waals surface area contributed by atoms with E-state index in [1.165, 1.54) is 0 Å². The lowest BCUT2D eigenvalue weighted by Crippen LogP contribution is -2.13. The van der Waals surface area contributed by atoms with E-state index in [1.807, 2.05) is 6.07 Å². The van der Waals surface area contributed by atoms with E-state index in [0.29, 0.717) is 22.6 Å². The zero-order valence-corrected chi connectivity index (χ0v) is 12.2. The number of nitriles is 1. The lowest BCUT2D eigenvalue weighted by molar-refractivity contribution is 0.102. The Morgan fingerprint density at radius 2 is 2.15 bits per heavy atom. The quantitative estimate of drug-likeness (QED) is 0.906. The first-order valence-electron chi connectivity index (χ1n) is 5.79. The first-order chi connectivity index (χ1) is 9.63. The van der Waals surface area contributed by atoms with Crippen LogP contribution < -0.4 is 10.6 Å². The Morgan fingerprint density at radius 3 is 2.85 bits per heavy atom. The van der Waals surface area contributed by atoms with Crippen LogP contribution in [0.5, 0.6) is 0 Å². The van der Waals surface area contributed by atoms with Crippen LogP contribution in [0, 0.1) is 11.3 Å². The summed E-state index contributed by atoms with van der Waals surface area (Å²) in [7, 11) is 1.73. The normalized spacial score (nSPS) is 9.65. The van der Waals surface area contributed by atoms with Gasteiger partial charge in [0.2, 0.25) is 0 Å². The number of hydrogen-bond donors (Lipinski definition) is 2. The van der Waals surface area contributed by atoms with Crippen molar-refractivity contribution < 1.29 is 4.79 Å². The van der Waals surface area contributed by atoms with Gasteiger partial charge in [0.1, 0.15) is 11.9 Å². The molecule has 1 heterocycles. The van der Waals surface area contributed by atoms with Gasteiger partial charge in [-0.15, -0.1) is 0 Å². The number of nitrogens with one attached hydrogen (secondary N) is 2. The molecule has 0 spiro atoms. The summed E-state index contributed by atoms with van der Waals surface area (Å²) in [4.78, 5) is 16.2. The molecule has 1 aromatic heterocycles. The molecular weight excluding hydrogens is 320 g/mol. The Balaban J connectivity index is 2.26. The molecule has 0 fully saturated rings. The number of halogens is 1. The van der Waals surface area contributed by atoms with Gasteiger partial charge >= 0.3 is 0 Å². The Bertz CT molecular complexity index is 694. The molecule has 0 radical (unpaired) electrons. The molecule has 2 aromatic rings. The standard InChI is InChI=1S/C14H11BrN4O/c1-17-13-7-9(4-5-18-13)14(20)19-12-3-2-11(15)6-10(12)8-16/h2-7H,1H3,(H,17,18)(H,19,20). The molecule has 1 amide bonds. The van der Waals surface area contributed by atoms with Crippen molar-refractivity contribution >= 4 is 33.3 Å². The van der Waals surface area contributed by atoms with Crippen LogP contribution in [0.4, 0.5) is 11.5 Å². The third kappa shape index (κ3) is 3.13. The number of aromatic nitrogens is 1. The van der Waals surface area contributed by atoms with Crippen LogP contribution in [-0.4, -0.2) is 17.9 Å². The molecule has 0 saturated carbocycles. The van der Waals surface area contributed by atoms with Crippen molar-refractivity contribution in [2.45, 2.75) is 0 Å². The number of carbonyl (C=O) groups excluding carboxylic acids is 1. The summed E-state index contributed by atoms with van der Waals surface area (Å²) in [6, 6.07) is 10.4. The van der Waals surface area contributed by atoms with E-state index < -0.39 is 0 Å². The SMILES string of the molecule is CNc1cc(C(=O)Nc2ccc(Br)cc2C#N)ccn1. The third-order valence-electron chi connectivity index (χ3n) is 2.63. The summed E-state index contributed by atoms with van der Waals surface area (Å²) >= 11 is 3.29.